The molecule has 1 aliphatic heterocycles. The molecule has 2 N–H and O–H groups in total. The van der Waals surface area contributed by atoms with E-state index in [1.54, 1.807) is 24.3 Å². The molecule has 2 aromatic rings. The van der Waals surface area contributed by atoms with Crippen molar-refractivity contribution in [2.45, 2.75) is 25.8 Å². The number of carbonyl (C=O) groups is 2. The highest BCUT2D eigenvalue weighted by atomic mass is 35.5. The van der Waals surface area contributed by atoms with Crippen molar-refractivity contribution in [2.75, 3.05) is 25.0 Å². The molecule has 1 aliphatic rings. The number of likely N-dealkylation sites (tertiary alicyclic amines) is 1. The number of anilines is 1. The fraction of sp³-hybridized carbons (Fsp3) is 0.333. The number of rotatable bonds is 6. The molecule has 0 unspecified atom stereocenters. The van der Waals surface area contributed by atoms with E-state index in [0.717, 1.165) is 25.3 Å². The number of nitrogens with zero attached hydrogens (tertiary/aromatic N) is 1. The van der Waals surface area contributed by atoms with Gasteiger partial charge in [-0.2, -0.15) is 0 Å². The average molecular weight is 386 g/mol. The Labute approximate surface area is 164 Å². The van der Waals surface area contributed by atoms with Gasteiger partial charge in [0.25, 0.3) is 5.91 Å². The number of carbonyl (C=O) groups excluding carboxylic acids is 2. The van der Waals surface area contributed by atoms with Crippen LogP contribution in [0.3, 0.4) is 0 Å². The summed E-state index contributed by atoms with van der Waals surface area (Å²) in [6.07, 6.45) is 3.88. The van der Waals surface area contributed by atoms with E-state index in [1.165, 1.54) is 24.8 Å². The van der Waals surface area contributed by atoms with Crippen LogP contribution >= 0.6 is 11.6 Å². The van der Waals surface area contributed by atoms with Crippen molar-refractivity contribution >= 4 is 29.1 Å². The topological polar surface area (TPSA) is 61.4 Å². The van der Waals surface area contributed by atoms with Gasteiger partial charge in [-0.1, -0.05) is 30.2 Å². The normalized spacial score (nSPS) is 14.6. The van der Waals surface area contributed by atoms with Crippen molar-refractivity contribution in [2.24, 2.45) is 0 Å². The minimum Gasteiger partial charge on any atom is -0.343 e. The van der Waals surface area contributed by atoms with Gasteiger partial charge in [0, 0.05) is 22.8 Å². The molecule has 2 amide bonds. The monoisotopic (exact) mass is 385 g/mol. The summed E-state index contributed by atoms with van der Waals surface area (Å²) < 4.78 is 0. The molecule has 0 atom stereocenters. The van der Waals surface area contributed by atoms with Crippen LogP contribution in [0.25, 0.3) is 0 Å². The van der Waals surface area contributed by atoms with Crippen LogP contribution in [-0.2, 0) is 11.3 Å². The molecule has 1 fully saturated rings. The predicted molar refractivity (Wildman–Crippen MR) is 108 cm³/mol. The first-order chi connectivity index (χ1) is 13.1. The van der Waals surface area contributed by atoms with Gasteiger partial charge in [-0.05, 0) is 67.9 Å². The Morgan fingerprint density at radius 3 is 2.26 bits per heavy atom. The van der Waals surface area contributed by atoms with E-state index in [-0.39, 0.29) is 18.4 Å². The zero-order valence-electron chi connectivity index (χ0n) is 15.2. The van der Waals surface area contributed by atoms with Crippen LogP contribution in [0.5, 0.6) is 0 Å². The number of halogens is 1. The molecule has 6 heteroatoms. The number of piperidine rings is 1. The molecule has 0 bridgehead atoms. The smallest absolute Gasteiger partial charge is 0.251 e. The van der Waals surface area contributed by atoms with Crippen molar-refractivity contribution < 1.29 is 9.59 Å². The molecule has 3 rings (SSSR count). The van der Waals surface area contributed by atoms with Crippen molar-refractivity contribution in [1.29, 1.82) is 0 Å². The summed E-state index contributed by atoms with van der Waals surface area (Å²) in [5, 5.41) is 5.97. The maximum atomic E-state index is 12.0. The van der Waals surface area contributed by atoms with Gasteiger partial charge in [0.1, 0.15) is 0 Å². The van der Waals surface area contributed by atoms with Crippen LogP contribution in [0.2, 0.25) is 5.02 Å². The molecule has 0 aliphatic carbocycles. The summed E-state index contributed by atoms with van der Waals surface area (Å²) >= 11 is 5.80. The van der Waals surface area contributed by atoms with E-state index in [0.29, 0.717) is 10.6 Å². The molecule has 142 valence electrons. The molecule has 2 aromatic carbocycles. The minimum absolute atomic E-state index is 0.0863. The fourth-order valence-corrected chi connectivity index (χ4v) is 3.26. The van der Waals surface area contributed by atoms with E-state index in [9.17, 15) is 9.59 Å². The third-order valence-electron chi connectivity index (χ3n) is 4.61. The zero-order valence-corrected chi connectivity index (χ0v) is 16.0. The predicted octanol–water partition coefficient (Wildman–Crippen LogP) is 3.69. The number of nitrogens with one attached hydrogen (secondary N) is 2. The van der Waals surface area contributed by atoms with Gasteiger partial charge < -0.3 is 10.6 Å². The first-order valence-corrected chi connectivity index (χ1v) is 9.63. The number of hydrogen-bond acceptors (Lipinski definition) is 3. The Kier molecular flexibility index (Phi) is 6.85. The molecule has 1 heterocycles. The number of benzene rings is 2. The van der Waals surface area contributed by atoms with Crippen LogP contribution < -0.4 is 10.6 Å². The largest absolute Gasteiger partial charge is 0.343 e. The Balaban J connectivity index is 1.44. The molecule has 0 saturated carbocycles. The number of hydrogen-bond donors (Lipinski definition) is 2. The highest BCUT2D eigenvalue weighted by Gasteiger charge is 2.11. The van der Waals surface area contributed by atoms with Crippen molar-refractivity contribution in [1.82, 2.24) is 10.2 Å². The van der Waals surface area contributed by atoms with Gasteiger partial charge in [-0.15, -0.1) is 0 Å². The molecule has 0 radical (unpaired) electrons. The lowest BCUT2D eigenvalue weighted by Gasteiger charge is -2.26. The standard InChI is InChI=1S/C21H24ClN3O2/c22-18-8-6-17(7-9-18)21(27)23-14-20(26)24-19-10-4-16(5-11-19)15-25-12-2-1-3-13-25/h4-11H,1-3,12-15H2,(H,23,27)(H,24,26). The second-order valence-corrected chi connectivity index (χ2v) is 7.21. The second-order valence-electron chi connectivity index (χ2n) is 6.77. The maximum Gasteiger partial charge on any atom is 0.251 e. The van der Waals surface area contributed by atoms with E-state index >= 15 is 0 Å². The van der Waals surface area contributed by atoms with Gasteiger partial charge >= 0.3 is 0 Å². The lowest BCUT2D eigenvalue weighted by atomic mass is 10.1. The highest BCUT2D eigenvalue weighted by molar-refractivity contribution is 6.30. The number of amides is 2. The first-order valence-electron chi connectivity index (χ1n) is 9.25. The quantitative estimate of drug-likeness (QED) is 0.797. The van der Waals surface area contributed by atoms with E-state index in [1.807, 2.05) is 24.3 Å². The van der Waals surface area contributed by atoms with Gasteiger partial charge in [-0.3, -0.25) is 14.5 Å². The Morgan fingerprint density at radius 1 is 0.926 bits per heavy atom. The van der Waals surface area contributed by atoms with E-state index in [4.69, 9.17) is 11.6 Å². The molecule has 0 spiro atoms. The second kappa shape index (κ2) is 9.53. The molecular formula is C21H24ClN3O2. The van der Waals surface area contributed by atoms with Crippen LogP contribution in [0, 0.1) is 0 Å². The third-order valence-corrected chi connectivity index (χ3v) is 4.86. The van der Waals surface area contributed by atoms with E-state index in [2.05, 4.69) is 15.5 Å². The summed E-state index contributed by atoms with van der Waals surface area (Å²) in [5.41, 5.74) is 2.43. The maximum absolute atomic E-state index is 12.0. The molecule has 5 nitrogen and oxygen atoms in total. The summed E-state index contributed by atoms with van der Waals surface area (Å²) in [5.74, 6) is -0.570. The van der Waals surface area contributed by atoms with Gasteiger partial charge in [-0.25, -0.2) is 0 Å². The molecular weight excluding hydrogens is 362 g/mol. The summed E-state index contributed by atoms with van der Waals surface area (Å²) in [6.45, 7) is 3.18. The van der Waals surface area contributed by atoms with Crippen LogP contribution in [0.15, 0.2) is 48.5 Å². The molecule has 27 heavy (non-hydrogen) atoms. The Bertz CT molecular complexity index is 769. The van der Waals surface area contributed by atoms with Crippen LogP contribution in [-0.4, -0.2) is 36.3 Å². The summed E-state index contributed by atoms with van der Waals surface area (Å²) in [7, 11) is 0. The Morgan fingerprint density at radius 2 is 1.59 bits per heavy atom. The van der Waals surface area contributed by atoms with Crippen molar-refractivity contribution in [3.63, 3.8) is 0 Å². The third kappa shape index (κ3) is 6.08. The van der Waals surface area contributed by atoms with Crippen molar-refractivity contribution in [3.05, 3.63) is 64.7 Å². The van der Waals surface area contributed by atoms with E-state index < -0.39 is 0 Å². The zero-order chi connectivity index (χ0) is 19.1. The lowest BCUT2D eigenvalue weighted by Crippen LogP contribution is -2.32. The highest BCUT2D eigenvalue weighted by Crippen LogP contribution is 2.15. The molecule has 1 saturated heterocycles. The van der Waals surface area contributed by atoms with Crippen LogP contribution in [0.4, 0.5) is 5.69 Å². The van der Waals surface area contributed by atoms with Gasteiger partial charge in [0.05, 0.1) is 6.54 Å². The lowest BCUT2D eigenvalue weighted by molar-refractivity contribution is -0.115. The van der Waals surface area contributed by atoms with Gasteiger partial charge in [0.15, 0.2) is 0 Å². The SMILES string of the molecule is O=C(CNC(=O)c1ccc(Cl)cc1)Nc1ccc(CN2CCCCC2)cc1. The summed E-state index contributed by atoms with van der Waals surface area (Å²) in [4.78, 5) is 26.5. The Hall–Kier alpha value is -2.37. The molecule has 0 aromatic heterocycles. The minimum atomic E-state index is -0.307. The van der Waals surface area contributed by atoms with Crippen molar-refractivity contribution in [3.8, 4) is 0 Å². The van der Waals surface area contributed by atoms with Crippen LogP contribution in [0.1, 0.15) is 35.2 Å². The average Bonchev–Trinajstić information content (AvgIpc) is 2.69. The summed E-state index contributed by atoms with van der Waals surface area (Å²) in [6, 6.07) is 14.4. The van der Waals surface area contributed by atoms with Gasteiger partial charge in [0.2, 0.25) is 5.91 Å². The first kappa shape index (κ1) is 19.4. The fourth-order valence-electron chi connectivity index (χ4n) is 3.14.